The second-order valence-corrected chi connectivity index (χ2v) is 3.46. The zero-order valence-electron chi connectivity index (χ0n) is 8.19. The van der Waals surface area contributed by atoms with Gasteiger partial charge in [-0.3, -0.25) is 0 Å². The molecule has 0 saturated carbocycles. The van der Waals surface area contributed by atoms with Crippen molar-refractivity contribution in [2.24, 2.45) is 5.73 Å². The van der Waals surface area contributed by atoms with Gasteiger partial charge in [0.05, 0.1) is 0 Å². The van der Waals surface area contributed by atoms with Crippen molar-refractivity contribution in [2.45, 2.75) is 25.1 Å². The molecule has 1 aromatic carbocycles. The lowest BCUT2D eigenvalue weighted by Gasteiger charge is -2.13. The van der Waals surface area contributed by atoms with Crippen molar-refractivity contribution in [1.82, 2.24) is 0 Å². The highest BCUT2D eigenvalue weighted by Gasteiger charge is 2.27. The van der Waals surface area contributed by atoms with E-state index in [4.69, 9.17) is 5.73 Å². The molecule has 0 bridgehead atoms. The van der Waals surface area contributed by atoms with Gasteiger partial charge in [-0.2, -0.15) is 13.2 Å². The summed E-state index contributed by atoms with van der Waals surface area (Å²) in [6, 6.07) is 1.49. The van der Waals surface area contributed by atoms with Crippen molar-refractivity contribution < 1.29 is 22.0 Å². The summed E-state index contributed by atoms with van der Waals surface area (Å²) in [6.45, 7) is 0. The number of hydrogen-bond donors (Lipinski definition) is 1. The monoisotopic (exact) mass is 239 g/mol. The molecule has 0 aromatic heterocycles. The molecule has 0 saturated heterocycles. The molecule has 1 rings (SSSR count). The zero-order chi connectivity index (χ0) is 12.3. The van der Waals surface area contributed by atoms with Crippen LogP contribution in [0.2, 0.25) is 0 Å². The SMILES string of the molecule is N[C@@H](CCC(F)(F)F)c1cc(F)cc(F)c1. The molecular weight excluding hydrogens is 229 g/mol. The Morgan fingerprint density at radius 1 is 1.06 bits per heavy atom. The molecule has 1 nitrogen and oxygen atoms in total. The summed E-state index contributed by atoms with van der Waals surface area (Å²) in [4.78, 5) is 0. The van der Waals surface area contributed by atoms with Crippen LogP contribution in [0.25, 0.3) is 0 Å². The van der Waals surface area contributed by atoms with Gasteiger partial charge in [0.2, 0.25) is 0 Å². The third kappa shape index (κ3) is 4.14. The maximum atomic E-state index is 12.7. The molecule has 0 spiro atoms. The molecule has 0 heterocycles. The number of halogens is 5. The zero-order valence-corrected chi connectivity index (χ0v) is 8.19. The van der Waals surface area contributed by atoms with Crippen molar-refractivity contribution in [2.75, 3.05) is 0 Å². The predicted molar refractivity (Wildman–Crippen MR) is 48.6 cm³/mol. The van der Waals surface area contributed by atoms with E-state index in [1.54, 1.807) is 0 Å². The van der Waals surface area contributed by atoms with Crippen molar-refractivity contribution in [3.63, 3.8) is 0 Å². The van der Waals surface area contributed by atoms with Crippen LogP contribution in [0.4, 0.5) is 22.0 Å². The topological polar surface area (TPSA) is 26.0 Å². The normalized spacial score (nSPS) is 13.9. The van der Waals surface area contributed by atoms with Gasteiger partial charge in [-0.05, 0) is 24.1 Å². The summed E-state index contributed by atoms with van der Waals surface area (Å²) >= 11 is 0. The molecule has 0 aliphatic rings. The Morgan fingerprint density at radius 3 is 2.00 bits per heavy atom. The van der Waals surface area contributed by atoms with Gasteiger partial charge in [-0.15, -0.1) is 0 Å². The van der Waals surface area contributed by atoms with E-state index < -0.39 is 36.7 Å². The molecule has 0 radical (unpaired) electrons. The number of hydrogen-bond acceptors (Lipinski definition) is 1. The fourth-order valence-electron chi connectivity index (χ4n) is 1.28. The van der Waals surface area contributed by atoms with Gasteiger partial charge in [-0.1, -0.05) is 0 Å². The molecule has 0 aliphatic heterocycles. The molecule has 1 atom stereocenters. The van der Waals surface area contributed by atoms with E-state index in [9.17, 15) is 22.0 Å². The molecule has 6 heteroatoms. The van der Waals surface area contributed by atoms with E-state index >= 15 is 0 Å². The maximum absolute atomic E-state index is 12.7. The van der Waals surface area contributed by atoms with Gasteiger partial charge in [-0.25, -0.2) is 8.78 Å². The number of benzene rings is 1. The molecule has 2 N–H and O–H groups in total. The minimum Gasteiger partial charge on any atom is -0.324 e. The molecule has 0 fully saturated rings. The smallest absolute Gasteiger partial charge is 0.324 e. The van der Waals surface area contributed by atoms with Crippen molar-refractivity contribution in [1.29, 1.82) is 0 Å². The van der Waals surface area contributed by atoms with E-state index in [0.717, 1.165) is 12.1 Å². The highest BCUT2D eigenvalue weighted by molar-refractivity contribution is 5.21. The highest BCUT2D eigenvalue weighted by atomic mass is 19.4. The fourth-order valence-corrected chi connectivity index (χ4v) is 1.28. The van der Waals surface area contributed by atoms with Gasteiger partial charge >= 0.3 is 6.18 Å². The summed E-state index contributed by atoms with van der Waals surface area (Å²) in [5.74, 6) is -1.70. The first-order valence-corrected chi connectivity index (χ1v) is 4.56. The van der Waals surface area contributed by atoms with E-state index in [1.807, 2.05) is 0 Å². The first-order chi connectivity index (χ1) is 7.28. The van der Waals surface area contributed by atoms with E-state index in [-0.39, 0.29) is 5.56 Å². The van der Waals surface area contributed by atoms with Crippen LogP contribution in [-0.4, -0.2) is 6.18 Å². The minimum absolute atomic E-state index is 0.0294. The van der Waals surface area contributed by atoms with Crippen molar-refractivity contribution >= 4 is 0 Å². The minimum atomic E-state index is -4.32. The Morgan fingerprint density at radius 2 is 1.56 bits per heavy atom. The standard InChI is InChI=1S/C10H10F5N/c11-7-3-6(4-8(12)5-7)9(16)1-2-10(13,14)15/h3-5,9H,1-2,16H2/t9-/m0/s1. The number of alkyl halides is 3. The summed E-state index contributed by atoms with van der Waals surface area (Å²) in [5, 5.41) is 0. The van der Waals surface area contributed by atoms with E-state index in [2.05, 4.69) is 0 Å². The van der Waals surface area contributed by atoms with Crippen molar-refractivity contribution in [3.05, 3.63) is 35.4 Å². The van der Waals surface area contributed by atoms with Gasteiger partial charge in [0.15, 0.2) is 0 Å². The highest BCUT2D eigenvalue weighted by Crippen LogP contribution is 2.26. The lowest BCUT2D eigenvalue weighted by molar-refractivity contribution is -0.136. The molecule has 16 heavy (non-hydrogen) atoms. The third-order valence-corrected chi connectivity index (χ3v) is 2.05. The van der Waals surface area contributed by atoms with E-state index in [1.165, 1.54) is 0 Å². The Kier molecular flexibility index (Phi) is 3.85. The van der Waals surface area contributed by atoms with Crippen LogP contribution in [0.3, 0.4) is 0 Å². The Labute approximate surface area is 89.1 Å². The molecule has 0 amide bonds. The lowest BCUT2D eigenvalue weighted by atomic mass is 10.0. The second-order valence-electron chi connectivity index (χ2n) is 3.46. The average Bonchev–Trinajstić information content (AvgIpc) is 2.11. The van der Waals surface area contributed by atoms with Crippen LogP contribution >= 0.6 is 0 Å². The van der Waals surface area contributed by atoms with Crippen LogP contribution in [0, 0.1) is 11.6 Å². The van der Waals surface area contributed by atoms with E-state index in [0.29, 0.717) is 6.07 Å². The van der Waals surface area contributed by atoms with Crippen LogP contribution in [0.15, 0.2) is 18.2 Å². The molecule has 0 unspecified atom stereocenters. The molecule has 1 aromatic rings. The van der Waals surface area contributed by atoms with Gasteiger partial charge in [0, 0.05) is 18.5 Å². The van der Waals surface area contributed by atoms with Gasteiger partial charge in [0.1, 0.15) is 11.6 Å². The quantitative estimate of drug-likeness (QED) is 0.804. The maximum Gasteiger partial charge on any atom is 0.389 e. The largest absolute Gasteiger partial charge is 0.389 e. The third-order valence-electron chi connectivity index (χ3n) is 2.05. The molecular formula is C10H10F5N. The van der Waals surface area contributed by atoms with Crippen LogP contribution in [0.1, 0.15) is 24.4 Å². The Hall–Kier alpha value is -1.17. The Balaban J connectivity index is 2.69. The number of rotatable bonds is 3. The van der Waals surface area contributed by atoms with Crippen LogP contribution in [-0.2, 0) is 0 Å². The second kappa shape index (κ2) is 4.78. The summed E-state index contributed by atoms with van der Waals surface area (Å²) < 4.78 is 61.1. The van der Waals surface area contributed by atoms with Gasteiger partial charge in [0.25, 0.3) is 0 Å². The first kappa shape index (κ1) is 12.9. The predicted octanol–water partition coefficient (Wildman–Crippen LogP) is 3.31. The summed E-state index contributed by atoms with van der Waals surface area (Å²) in [6.07, 6.45) is -5.79. The Bertz CT molecular complexity index is 340. The average molecular weight is 239 g/mol. The lowest BCUT2D eigenvalue weighted by Crippen LogP contribution is -2.16. The van der Waals surface area contributed by atoms with Crippen LogP contribution < -0.4 is 5.73 Å². The van der Waals surface area contributed by atoms with Gasteiger partial charge < -0.3 is 5.73 Å². The summed E-state index contributed by atoms with van der Waals surface area (Å²) in [5.41, 5.74) is 5.44. The number of nitrogens with two attached hydrogens (primary N) is 1. The molecule has 0 aliphatic carbocycles. The fraction of sp³-hybridized carbons (Fsp3) is 0.400. The van der Waals surface area contributed by atoms with Crippen molar-refractivity contribution in [3.8, 4) is 0 Å². The molecule has 90 valence electrons. The first-order valence-electron chi connectivity index (χ1n) is 4.56. The summed E-state index contributed by atoms with van der Waals surface area (Å²) in [7, 11) is 0. The van der Waals surface area contributed by atoms with Crippen LogP contribution in [0.5, 0.6) is 0 Å².